The van der Waals surface area contributed by atoms with Gasteiger partial charge in [0.25, 0.3) is 0 Å². The lowest BCUT2D eigenvalue weighted by Gasteiger charge is -2.27. The molecule has 1 heterocycles. The fraction of sp³-hybridized carbons (Fsp3) is 1.00. The van der Waals surface area contributed by atoms with Crippen molar-refractivity contribution in [1.82, 2.24) is 5.32 Å². The Kier molecular flexibility index (Phi) is 5.77. The topological polar surface area (TPSA) is 21.3 Å². The first-order chi connectivity index (χ1) is 7.53. The van der Waals surface area contributed by atoms with Gasteiger partial charge >= 0.3 is 0 Å². The molecule has 0 saturated carbocycles. The zero-order valence-corrected chi connectivity index (χ0v) is 11.5. The van der Waals surface area contributed by atoms with Gasteiger partial charge in [0.2, 0.25) is 0 Å². The number of rotatable bonds is 6. The average Bonchev–Trinajstić information content (AvgIpc) is 2.69. The SMILES string of the molecule is CCCNC(CCC(C)(C)C)C1CCOC1. The van der Waals surface area contributed by atoms with Crippen molar-refractivity contribution in [1.29, 1.82) is 0 Å². The summed E-state index contributed by atoms with van der Waals surface area (Å²) >= 11 is 0. The van der Waals surface area contributed by atoms with Crippen LogP contribution in [0.15, 0.2) is 0 Å². The van der Waals surface area contributed by atoms with E-state index in [0.717, 1.165) is 25.7 Å². The Labute approximate surface area is 101 Å². The Balaban J connectivity index is 2.36. The first-order valence-corrected chi connectivity index (χ1v) is 6.84. The Bertz CT molecular complexity index is 180. The van der Waals surface area contributed by atoms with E-state index in [-0.39, 0.29) is 0 Å². The lowest BCUT2D eigenvalue weighted by atomic mass is 9.85. The first kappa shape index (κ1) is 14.0. The molecule has 1 rings (SSSR count). The predicted molar refractivity (Wildman–Crippen MR) is 69.7 cm³/mol. The standard InChI is InChI=1S/C14H29NO/c1-5-9-15-13(6-8-14(2,3)4)12-7-10-16-11-12/h12-13,15H,5-11H2,1-4H3. The number of hydrogen-bond acceptors (Lipinski definition) is 2. The normalized spacial score (nSPS) is 23.6. The van der Waals surface area contributed by atoms with Crippen molar-refractivity contribution in [2.45, 2.75) is 59.4 Å². The lowest BCUT2D eigenvalue weighted by molar-refractivity contribution is 0.172. The number of nitrogens with one attached hydrogen (secondary N) is 1. The minimum atomic E-state index is 0.450. The first-order valence-electron chi connectivity index (χ1n) is 6.84. The summed E-state index contributed by atoms with van der Waals surface area (Å²) in [6, 6.07) is 0.668. The van der Waals surface area contributed by atoms with Crippen LogP contribution in [0.4, 0.5) is 0 Å². The molecule has 0 radical (unpaired) electrons. The molecular weight excluding hydrogens is 198 g/mol. The molecule has 0 aromatic carbocycles. The van der Waals surface area contributed by atoms with Gasteiger partial charge in [0.15, 0.2) is 0 Å². The van der Waals surface area contributed by atoms with Crippen LogP contribution in [-0.2, 0) is 4.74 Å². The molecular formula is C14H29NO. The molecule has 1 fully saturated rings. The molecule has 2 unspecified atom stereocenters. The van der Waals surface area contributed by atoms with Crippen LogP contribution in [0.2, 0.25) is 0 Å². The Morgan fingerprint density at radius 1 is 1.38 bits per heavy atom. The van der Waals surface area contributed by atoms with Crippen molar-refractivity contribution in [2.24, 2.45) is 11.3 Å². The minimum absolute atomic E-state index is 0.450. The molecule has 0 amide bonds. The van der Waals surface area contributed by atoms with Gasteiger partial charge in [-0.1, -0.05) is 27.7 Å². The number of ether oxygens (including phenoxy) is 1. The van der Waals surface area contributed by atoms with Crippen molar-refractivity contribution >= 4 is 0 Å². The second kappa shape index (κ2) is 6.61. The van der Waals surface area contributed by atoms with Crippen LogP contribution < -0.4 is 5.32 Å². The molecule has 2 atom stereocenters. The molecule has 1 aliphatic rings. The minimum Gasteiger partial charge on any atom is -0.381 e. The van der Waals surface area contributed by atoms with E-state index >= 15 is 0 Å². The molecule has 96 valence electrons. The predicted octanol–water partition coefficient (Wildman–Crippen LogP) is 3.22. The monoisotopic (exact) mass is 227 g/mol. The van der Waals surface area contributed by atoms with E-state index in [0.29, 0.717) is 11.5 Å². The Morgan fingerprint density at radius 3 is 2.62 bits per heavy atom. The summed E-state index contributed by atoms with van der Waals surface area (Å²) in [6.07, 6.45) is 5.05. The van der Waals surface area contributed by atoms with E-state index in [9.17, 15) is 0 Å². The maximum Gasteiger partial charge on any atom is 0.0510 e. The molecule has 0 aromatic heterocycles. The third-order valence-corrected chi connectivity index (χ3v) is 3.40. The summed E-state index contributed by atoms with van der Waals surface area (Å²) in [5.74, 6) is 0.744. The summed E-state index contributed by atoms with van der Waals surface area (Å²) in [7, 11) is 0. The quantitative estimate of drug-likeness (QED) is 0.752. The Morgan fingerprint density at radius 2 is 2.12 bits per heavy atom. The van der Waals surface area contributed by atoms with Crippen molar-refractivity contribution in [2.75, 3.05) is 19.8 Å². The van der Waals surface area contributed by atoms with Gasteiger partial charge in [-0.25, -0.2) is 0 Å². The molecule has 0 bridgehead atoms. The van der Waals surface area contributed by atoms with E-state index < -0.39 is 0 Å². The summed E-state index contributed by atoms with van der Waals surface area (Å²) < 4.78 is 5.51. The van der Waals surface area contributed by atoms with E-state index in [2.05, 4.69) is 33.0 Å². The third-order valence-electron chi connectivity index (χ3n) is 3.40. The molecule has 2 heteroatoms. The van der Waals surface area contributed by atoms with Crippen molar-refractivity contribution in [3.8, 4) is 0 Å². The zero-order chi connectivity index (χ0) is 12.0. The second-order valence-electron chi connectivity index (χ2n) is 6.28. The highest BCUT2D eigenvalue weighted by atomic mass is 16.5. The lowest BCUT2D eigenvalue weighted by Crippen LogP contribution is -2.37. The Hall–Kier alpha value is -0.0800. The number of hydrogen-bond donors (Lipinski definition) is 1. The van der Waals surface area contributed by atoms with Gasteiger partial charge in [-0.2, -0.15) is 0 Å². The summed E-state index contributed by atoms with van der Waals surface area (Å²) in [5, 5.41) is 3.70. The van der Waals surface area contributed by atoms with Crippen LogP contribution in [0.3, 0.4) is 0 Å². The van der Waals surface area contributed by atoms with E-state index in [1.54, 1.807) is 0 Å². The van der Waals surface area contributed by atoms with Crippen LogP contribution in [0.5, 0.6) is 0 Å². The van der Waals surface area contributed by atoms with Crippen LogP contribution in [-0.4, -0.2) is 25.8 Å². The molecule has 1 N–H and O–H groups in total. The van der Waals surface area contributed by atoms with Gasteiger partial charge < -0.3 is 10.1 Å². The fourth-order valence-corrected chi connectivity index (χ4v) is 2.29. The largest absolute Gasteiger partial charge is 0.381 e. The van der Waals surface area contributed by atoms with Crippen LogP contribution in [0, 0.1) is 11.3 Å². The van der Waals surface area contributed by atoms with Gasteiger partial charge in [0.05, 0.1) is 6.61 Å². The van der Waals surface area contributed by atoms with Crippen molar-refractivity contribution < 1.29 is 4.74 Å². The van der Waals surface area contributed by atoms with Crippen LogP contribution in [0.25, 0.3) is 0 Å². The molecule has 0 aromatic rings. The maximum atomic E-state index is 5.51. The molecule has 0 spiro atoms. The summed E-state index contributed by atoms with van der Waals surface area (Å²) in [4.78, 5) is 0. The van der Waals surface area contributed by atoms with Gasteiger partial charge in [-0.05, 0) is 43.6 Å². The van der Waals surface area contributed by atoms with Gasteiger partial charge in [-0.3, -0.25) is 0 Å². The van der Waals surface area contributed by atoms with Crippen LogP contribution >= 0.6 is 0 Å². The average molecular weight is 227 g/mol. The van der Waals surface area contributed by atoms with E-state index in [4.69, 9.17) is 4.74 Å². The summed E-state index contributed by atoms with van der Waals surface area (Å²) in [6.45, 7) is 12.3. The van der Waals surface area contributed by atoms with E-state index in [1.807, 2.05) is 0 Å². The van der Waals surface area contributed by atoms with Gasteiger partial charge in [0, 0.05) is 12.6 Å². The van der Waals surface area contributed by atoms with Crippen molar-refractivity contribution in [3.63, 3.8) is 0 Å². The second-order valence-corrected chi connectivity index (χ2v) is 6.28. The highest BCUT2D eigenvalue weighted by molar-refractivity contribution is 4.81. The van der Waals surface area contributed by atoms with Gasteiger partial charge in [-0.15, -0.1) is 0 Å². The van der Waals surface area contributed by atoms with E-state index in [1.165, 1.54) is 25.7 Å². The van der Waals surface area contributed by atoms with Gasteiger partial charge in [0.1, 0.15) is 0 Å². The molecule has 0 aliphatic carbocycles. The zero-order valence-electron chi connectivity index (χ0n) is 11.5. The van der Waals surface area contributed by atoms with Crippen LogP contribution in [0.1, 0.15) is 53.4 Å². The highest BCUT2D eigenvalue weighted by Gasteiger charge is 2.26. The summed E-state index contributed by atoms with van der Waals surface area (Å²) in [5.41, 5.74) is 0.450. The molecule has 2 nitrogen and oxygen atoms in total. The maximum absolute atomic E-state index is 5.51. The third kappa shape index (κ3) is 5.31. The molecule has 1 saturated heterocycles. The highest BCUT2D eigenvalue weighted by Crippen LogP contribution is 2.26. The molecule has 16 heavy (non-hydrogen) atoms. The van der Waals surface area contributed by atoms with Crippen molar-refractivity contribution in [3.05, 3.63) is 0 Å². The molecule has 1 aliphatic heterocycles. The fourth-order valence-electron chi connectivity index (χ4n) is 2.29. The smallest absolute Gasteiger partial charge is 0.0510 e.